The van der Waals surface area contributed by atoms with E-state index in [1.807, 2.05) is 19.1 Å². The Labute approximate surface area is 138 Å². The van der Waals surface area contributed by atoms with Crippen molar-refractivity contribution >= 4 is 0 Å². The molecule has 0 saturated heterocycles. The van der Waals surface area contributed by atoms with Gasteiger partial charge in [0.15, 0.2) is 0 Å². The maximum absolute atomic E-state index is 12.0. The van der Waals surface area contributed by atoms with Crippen LogP contribution in [0.3, 0.4) is 0 Å². The highest BCUT2D eigenvalue weighted by Gasteiger charge is 2.11. The summed E-state index contributed by atoms with van der Waals surface area (Å²) in [5.41, 5.74) is 2.40. The van der Waals surface area contributed by atoms with E-state index in [0.717, 1.165) is 11.3 Å². The molecule has 24 heavy (non-hydrogen) atoms. The number of H-pyrrole nitrogens is 1. The van der Waals surface area contributed by atoms with E-state index in [1.54, 1.807) is 37.4 Å². The number of hydrogen-bond donors (Lipinski definition) is 1. The van der Waals surface area contributed by atoms with Gasteiger partial charge in [-0.1, -0.05) is 12.1 Å². The van der Waals surface area contributed by atoms with Crippen molar-refractivity contribution in [3.63, 3.8) is 0 Å². The topological polar surface area (TPSA) is 91.7 Å². The summed E-state index contributed by atoms with van der Waals surface area (Å²) in [6, 6.07) is 10.9. The van der Waals surface area contributed by atoms with Crippen LogP contribution in [0, 0.1) is 25.2 Å². The van der Waals surface area contributed by atoms with Crippen molar-refractivity contribution in [1.29, 1.82) is 5.26 Å². The fourth-order valence-corrected chi connectivity index (χ4v) is 2.36. The Morgan fingerprint density at radius 3 is 2.79 bits per heavy atom. The first-order valence-electron chi connectivity index (χ1n) is 7.28. The van der Waals surface area contributed by atoms with Crippen molar-refractivity contribution in [3.8, 4) is 28.8 Å². The van der Waals surface area contributed by atoms with Gasteiger partial charge >= 0.3 is 0 Å². The highest BCUT2D eigenvalue weighted by molar-refractivity contribution is 5.71. The maximum Gasteiger partial charge on any atom is 0.266 e. The predicted octanol–water partition coefficient (Wildman–Crippen LogP) is 3.11. The Kier molecular flexibility index (Phi) is 4.08. The van der Waals surface area contributed by atoms with E-state index in [4.69, 9.17) is 4.74 Å². The van der Waals surface area contributed by atoms with Gasteiger partial charge in [-0.05, 0) is 37.6 Å². The van der Waals surface area contributed by atoms with Crippen molar-refractivity contribution in [3.05, 3.63) is 70.0 Å². The zero-order chi connectivity index (χ0) is 17.1. The van der Waals surface area contributed by atoms with Crippen LogP contribution < -0.4 is 10.3 Å². The summed E-state index contributed by atoms with van der Waals surface area (Å²) in [5.74, 6) is 0.934. The molecule has 6 nitrogen and oxygen atoms in total. The smallest absolute Gasteiger partial charge is 0.266 e. The zero-order valence-electron chi connectivity index (χ0n) is 13.2. The van der Waals surface area contributed by atoms with Gasteiger partial charge in [-0.25, -0.2) is 4.98 Å². The van der Waals surface area contributed by atoms with Gasteiger partial charge in [-0.2, -0.15) is 5.26 Å². The van der Waals surface area contributed by atoms with Gasteiger partial charge in [0.05, 0.1) is 11.9 Å². The van der Waals surface area contributed by atoms with Crippen LogP contribution in [0.5, 0.6) is 11.6 Å². The highest BCUT2D eigenvalue weighted by Crippen LogP contribution is 2.27. The quantitative estimate of drug-likeness (QED) is 0.801. The predicted molar refractivity (Wildman–Crippen MR) is 88.8 cm³/mol. The molecule has 0 aliphatic carbocycles. The van der Waals surface area contributed by atoms with Crippen molar-refractivity contribution < 1.29 is 4.74 Å². The molecule has 0 unspecified atom stereocenters. The molecular formula is C18H14N4O2. The van der Waals surface area contributed by atoms with Crippen LogP contribution in [0.2, 0.25) is 0 Å². The maximum atomic E-state index is 12.0. The second kappa shape index (κ2) is 6.34. The normalized spacial score (nSPS) is 10.2. The fourth-order valence-electron chi connectivity index (χ4n) is 2.36. The van der Waals surface area contributed by atoms with Crippen molar-refractivity contribution in [2.45, 2.75) is 13.8 Å². The largest absolute Gasteiger partial charge is 0.437 e. The second-order valence-corrected chi connectivity index (χ2v) is 5.31. The van der Waals surface area contributed by atoms with Gasteiger partial charge in [-0.3, -0.25) is 9.78 Å². The fraction of sp³-hybridized carbons (Fsp3) is 0.111. The third kappa shape index (κ3) is 3.15. The van der Waals surface area contributed by atoms with E-state index >= 15 is 0 Å². The van der Waals surface area contributed by atoms with Crippen LogP contribution in [-0.2, 0) is 0 Å². The van der Waals surface area contributed by atoms with Crippen molar-refractivity contribution in [1.82, 2.24) is 15.0 Å². The van der Waals surface area contributed by atoms with Crippen LogP contribution in [-0.4, -0.2) is 15.0 Å². The minimum atomic E-state index is -0.400. The first kappa shape index (κ1) is 15.4. The standard InChI is InChI=1S/C18H14N4O2/c1-11-6-15(16(8-19)18(23)22-11)13-4-3-5-14(7-13)24-17-10-20-9-12(2)21-17/h3-7,9-10H,1-2H3,(H,22,23). The van der Waals surface area contributed by atoms with Crippen molar-refractivity contribution in [2.75, 3.05) is 0 Å². The lowest BCUT2D eigenvalue weighted by molar-refractivity contribution is 0.459. The molecule has 1 N–H and O–H groups in total. The van der Waals surface area contributed by atoms with Crippen LogP contribution >= 0.6 is 0 Å². The molecule has 118 valence electrons. The monoisotopic (exact) mass is 318 g/mol. The van der Waals surface area contributed by atoms with Gasteiger partial charge in [-0.15, -0.1) is 0 Å². The summed E-state index contributed by atoms with van der Waals surface area (Å²) < 4.78 is 5.71. The molecular weight excluding hydrogens is 304 g/mol. The van der Waals surface area contributed by atoms with Crippen LogP contribution in [0.4, 0.5) is 0 Å². The number of nitrogens with one attached hydrogen (secondary N) is 1. The summed E-state index contributed by atoms with van der Waals surface area (Å²) >= 11 is 0. The highest BCUT2D eigenvalue weighted by atomic mass is 16.5. The number of aromatic amines is 1. The minimum absolute atomic E-state index is 0.0769. The Morgan fingerprint density at radius 1 is 1.21 bits per heavy atom. The van der Waals surface area contributed by atoms with Crippen LogP contribution in [0.25, 0.3) is 11.1 Å². The number of nitriles is 1. The number of pyridine rings is 1. The third-order valence-corrected chi connectivity index (χ3v) is 3.38. The molecule has 0 atom stereocenters. The van der Waals surface area contributed by atoms with Gasteiger partial charge < -0.3 is 9.72 Å². The number of ether oxygens (including phenoxy) is 1. The van der Waals surface area contributed by atoms with E-state index < -0.39 is 5.56 Å². The van der Waals surface area contributed by atoms with Gasteiger partial charge in [0.2, 0.25) is 5.88 Å². The van der Waals surface area contributed by atoms with Gasteiger partial charge in [0.1, 0.15) is 17.4 Å². The van der Waals surface area contributed by atoms with E-state index in [9.17, 15) is 10.1 Å². The molecule has 1 aromatic carbocycles. The Balaban J connectivity index is 2.03. The zero-order valence-corrected chi connectivity index (χ0v) is 13.2. The Morgan fingerprint density at radius 2 is 2.04 bits per heavy atom. The minimum Gasteiger partial charge on any atom is -0.437 e. The molecule has 0 radical (unpaired) electrons. The molecule has 0 amide bonds. The molecule has 0 bridgehead atoms. The molecule has 0 fully saturated rings. The molecule has 0 aliphatic heterocycles. The number of nitrogens with zero attached hydrogens (tertiary/aromatic N) is 3. The Hall–Kier alpha value is -3.46. The number of rotatable bonds is 3. The first-order valence-corrected chi connectivity index (χ1v) is 7.28. The molecule has 0 saturated carbocycles. The number of benzene rings is 1. The summed E-state index contributed by atoms with van der Waals surface area (Å²) in [4.78, 5) is 22.9. The van der Waals surface area contributed by atoms with E-state index in [-0.39, 0.29) is 5.56 Å². The lowest BCUT2D eigenvalue weighted by atomic mass is 10.0. The number of aromatic nitrogens is 3. The number of hydrogen-bond acceptors (Lipinski definition) is 5. The summed E-state index contributed by atoms with van der Waals surface area (Å²) in [5, 5.41) is 9.27. The molecule has 2 heterocycles. The molecule has 2 aromatic heterocycles. The number of aryl methyl sites for hydroxylation is 2. The SMILES string of the molecule is Cc1cncc(Oc2cccc(-c3cc(C)[nH]c(=O)c3C#N)c2)n1. The molecule has 0 spiro atoms. The average Bonchev–Trinajstić information content (AvgIpc) is 2.54. The van der Waals surface area contributed by atoms with E-state index in [0.29, 0.717) is 22.9 Å². The van der Waals surface area contributed by atoms with Gasteiger partial charge in [0, 0.05) is 17.5 Å². The molecule has 3 aromatic rings. The lowest BCUT2D eigenvalue weighted by Gasteiger charge is -2.09. The van der Waals surface area contributed by atoms with E-state index in [1.165, 1.54) is 6.20 Å². The summed E-state index contributed by atoms with van der Waals surface area (Å²) in [7, 11) is 0. The molecule has 6 heteroatoms. The average molecular weight is 318 g/mol. The molecule has 3 rings (SSSR count). The van der Waals surface area contributed by atoms with Crippen molar-refractivity contribution in [2.24, 2.45) is 0 Å². The third-order valence-electron chi connectivity index (χ3n) is 3.38. The van der Waals surface area contributed by atoms with Gasteiger partial charge in [0.25, 0.3) is 5.56 Å². The second-order valence-electron chi connectivity index (χ2n) is 5.31. The first-order chi connectivity index (χ1) is 11.6. The van der Waals surface area contributed by atoms with Crippen LogP contribution in [0.15, 0.2) is 47.5 Å². The van der Waals surface area contributed by atoms with E-state index in [2.05, 4.69) is 15.0 Å². The molecule has 0 aliphatic rings. The summed E-state index contributed by atoms with van der Waals surface area (Å²) in [6.07, 6.45) is 3.17. The lowest BCUT2D eigenvalue weighted by Crippen LogP contribution is -2.12. The van der Waals surface area contributed by atoms with Crippen LogP contribution in [0.1, 0.15) is 17.0 Å². The Bertz CT molecular complexity index is 1000. The summed E-state index contributed by atoms with van der Waals surface area (Å²) in [6.45, 7) is 3.60.